The molecule has 2 aliphatic rings. The lowest BCUT2D eigenvalue weighted by Gasteiger charge is -2.32. The molecule has 130 valence electrons. The van der Waals surface area contributed by atoms with Gasteiger partial charge >= 0.3 is 6.03 Å². The molecule has 0 saturated carbocycles. The second-order valence-corrected chi connectivity index (χ2v) is 6.45. The van der Waals surface area contributed by atoms with E-state index in [0.29, 0.717) is 19.0 Å². The Morgan fingerprint density at radius 1 is 1.29 bits per heavy atom. The van der Waals surface area contributed by atoms with Gasteiger partial charge in [0.15, 0.2) is 0 Å². The summed E-state index contributed by atoms with van der Waals surface area (Å²) in [6, 6.07) is 3.22. The number of hydrogen-bond donors (Lipinski definition) is 1. The van der Waals surface area contributed by atoms with Crippen LogP contribution in [0.25, 0.3) is 0 Å². The number of amides is 3. The van der Waals surface area contributed by atoms with Crippen LogP contribution in [0.5, 0.6) is 5.88 Å². The molecule has 0 aliphatic carbocycles. The third-order valence-corrected chi connectivity index (χ3v) is 4.64. The van der Waals surface area contributed by atoms with Crippen molar-refractivity contribution >= 4 is 11.9 Å². The molecule has 1 N–H and O–H groups in total. The maximum atomic E-state index is 11.9. The van der Waals surface area contributed by atoms with E-state index in [2.05, 4.69) is 15.2 Å². The largest absolute Gasteiger partial charge is 0.474 e. The maximum absolute atomic E-state index is 11.9. The summed E-state index contributed by atoms with van der Waals surface area (Å²) in [5.74, 6) is 0.577. The standard InChI is InChI=1S/C17H24N4O3/c1-12-4-3-7-18-15(12)24-14-5-8-20(9-6-14)10-11-21-16(22)13(2)19-17(21)23/h3-4,7,13-14H,5-6,8-11H2,1-2H3,(H,19,23). The van der Waals surface area contributed by atoms with Crippen LogP contribution in [0.2, 0.25) is 0 Å². The molecular formula is C17H24N4O3. The van der Waals surface area contributed by atoms with Crippen molar-refractivity contribution in [2.45, 2.75) is 38.8 Å². The average molecular weight is 332 g/mol. The van der Waals surface area contributed by atoms with Crippen LogP contribution in [0.1, 0.15) is 25.3 Å². The number of ether oxygens (including phenoxy) is 1. The SMILES string of the molecule is Cc1cccnc1OC1CCN(CCN2C(=O)NC(C)C2=O)CC1. The van der Waals surface area contributed by atoms with Crippen molar-refractivity contribution in [3.8, 4) is 5.88 Å². The van der Waals surface area contributed by atoms with Gasteiger partial charge in [-0.2, -0.15) is 0 Å². The number of carbonyl (C=O) groups excluding carboxylic acids is 2. The van der Waals surface area contributed by atoms with Gasteiger partial charge in [-0.3, -0.25) is 9.69 Å². The van der Waals surface area contributed by atoms with Crippen LogP contribution in [0.15, 0.2) is 18.3 Å². The van der Waals surface area contributed by atoms with Gasteiger partial charge in [0.1, 0.15) is 12.1 Å². The van der Waals surface area contributed by atoms with Crippen LogP contribution in [-0.4, -0.2) is 65.0 Å². The fourth-order valence-corrected chi connectivity index (χ4v) is 3.12. The number of urea groups is 1. The Bertz CT molecular complexity index is 614. The molecule has 24 heavy (non-hydrogen) atoms. The van der Waals surface area contributed by atoms with Crippen molar-refractivity contribution in [2.24, 2.45) is 0 Å². The van der Waals surface area contributed by atoms with Gasteiger partial charge in [-0.1, -0.05) is 6.07 Å². The summed E-state index contributed by atoms with van der Waals surface area (Å²) in [5, 5.41) is 2.64. The molecule has 7 heteroatoms. The van der Waals surface area contributed by atoms with Gasteiger partial charge in [-0.15, -0.1) is 0 Å². The van der Waals surface area contributed by atoms with E-state index in [0.717, 1.165) is 31.5 Å². The Balaban J connectivity index is 1.43. The van der Waals surface area contributed by atoms with E-state index in [1.807, 2.05) is 19.1 Å². The molecule has 0 bridgehead atoms. The fraction of sp³-hybridized carbons (Fsp3) is 0.588. The molecule has 0 radical (unpaired) electrons. The Hall–Kier alpha value is -2.15. The quantitative estimate of drug-likeness (QED) is 0.820. The fourth-order valence-electron chi connectivity index (χ4n) is 3.12. The van der Waals surface area contributed by atoms with Crippen molar-refractivity contribution in [1.82, 2.24) is 20.1 Å². The van der Waals surface area contributed by atoms with Crippen molar-refractivity contribution in [3.63, 3.8) is 0 Å². The lowest BCUT2D eigenvalue weighted by Crippen LogP contribution is -2.43. The van der Waals surface area contributed by atoms with Crippen molar-refractivity contribution in [3.05, 3.63) is 23.9 Å². The number of rotatable bonds is 5. The van der Waals surface area contributed by atoms with E-state index < -0.39 is 6.04 Å². The second kappa shape index (κ2) is 7.17. The maximum Gasteiger partial charge on any atom is 0.324 e. The predicted octanol–water partition coefficient (Wildman–Crippen LogP) is 1.17. The number of hydrogen-bond acceptors (Lipinski definition) is 5. The second-order valence-electron chi connectivity index (χ2n) is 6.45. The molecule has 0 aromatic carbocycles. The van der Waals surface area contributed by atoms with Crippen LogP contribution in [0.3, 0.4) is 0 Å². The Morgan fingerprint density at radius 2 is 2.04 bits per heavy atom. The van der Waals surface area contributed by atoms with E-state index in [4.69, 9.17) is 4.74 Å². The summed E-state index contributed by atoms with van der Waals surface area (Å²) in [6.07, 6.45) is 3.77. The molecule has 1 aromatic heterocycles. The summed E-state index contributed by atoms with van der Waals surface area (Å²) in [4.78, 5) is 31.4. The highest BCUT2D eigenvalue weighted by Gasteiger charge is 2.35. The molecule has 1 atom stereocenters. The Morgan fingerprint density at radius 3 is 2.67 bits per heavy atom. The number of piperidine rings is 1. The van der Waals surface area contributed by atoms with Gasteiger partial charge in [-0.05, 0) is 32.8 Å². The third-order valence-electron chi connectivity index (χ3n) is 4.64. The summed E-state index contributed by atoms with van der Waals surface area (Å²) in [6.45, 7) is 6.66. The van der Waals surface area contributed by atoms with Gasteiger partial charge in [0.05, 0.1) is 0 Å². The van der Waals surface area contributed by atoms with Crippen molar-refractivity contribution in [1.29, 1.82) is 0 Å². The number of imide groups is 1. The number of aromatic nitrogens is 1. The number of carbonyl (C=O) groups is 2. The zero-order valence-electron chi connectivity index (χ0n) is 14.2. The smallest absolute Gasteiger partial charge is 0.324 e. The summed E-state index contributed by atoms with van der Waals surface area (Å²) >= 11 is 0. The first-order valence-corrected chi connectivity index (χ1v) is 8.47. The molecule has 2 fully saturated rings. The van der Waals surface area contributed by atoms with Crippen LogP contribution in [0, 0.1) is 6.92 Å². The number of nitrogens with zero attached hydrogens (tertiary/aromatic N) is 3. The Kier molecular flexibility index (Phi) is 4.99. The summed E-state index contributed by atoms with van der Waals surface area (Å²) in [5.41, 5.74) is 1.05. The predicted molar refractivity (Wildman–Crippen MR) is 88.8 cm³/mol. The molecule has 0 spiro atoms. The van der Waals surface area contributed by atoms with E-state index in [1.165, 1.54) is 4.90 Å². The van der Waals surface area contributed by atoms with E-state index in [-0.39, 0.29) is 18.0 Å². The van der Waals surface area contributed by atoms with E-state index >= 15 is 0 Å². The number of nitrogens with one attached hydrogen (secondary N) is 1. The van der Waals surface area contributed by atoms with Gasteiger partial charge in [-0.25, -0.2) is 9.78 Å². The first-order chi connectivity index (χ1) is 11.5. The molecule has 3 amide bonds. The average Bonchev–Trinajstić information content (AvgIpc) is 2.82. The van der Waals surface area contributed by atoms with Gasteiger partial charge in [0.25, 0.3) is 5.91 Å². The minimum absolute atomic E-state index is 0.135. The van der Waals surface area contributed by atoms with Crippen LogP contribution >= 0.6 is 0 Å². The van der Waals surface area contributed by atoms with Crippen molar-refractivity contribution in [2.75, 3.05) is 26.2 Å². The van der Waals surface area contributed by atoms with E-state index in [1.54, 1.807) is 13.1 Å². The third kappa shape index (κ3) is 3.67. The first-order valence-electron chi connectivity index (χ1n) is 8.47. The molecule has 7 nitrogen and oxygen atoms in total. The highest BCUT2D eigenvalue weighted by atomic mass is 16.5. The summed E-state index contributed by atoms with van der Waals surface area (Å²) < 4.78 is 5.99. The minimum atomic E-state index is -0.404. The van der Waals surface area contributed by atoms with Crippen LogP contribution in [-0.2, 0) is 4.79 Å². The minimum Gasteiger partial charge on any atom is -0.474 e. The first kappa shape index (κ1) is 16.7. The molecule has 3 rings (SSSR count). The molecular weight excluding hydrogens is 308 g/mol. The highest BCUT2D eigenvalue weighted by Crippen LogP contribution is 2.20. The number of aryl methyl sites for hydroxylation is 1. The molecule has 3 heterocycles. The Labute approximate surface area is 142 Å². The van der Waals surface area contributed by atoms with Gasteiger partial charge in [0, 0.05) is 37.9 Å². The number of likely N-dealkylation sites (tertiary alicyclic amines) is 1. The van der Waals surface area contributed by atoms with Crippen LogP contribution < -0.4 is 10.1 Å². The van der Waals surface area contributed by atoms with Crippen molar-refractivity contribution < 1.29 is 14.3 Å². The van der Waals surface area contributed by atoms with Crippen LogP contribution in [0.4, 0.5) is 4.79 Å². The monoisotopic (exact) mass is 332 g/mol. The highest BCUT2D eigenvalue weighted by molar-refractivity contribution is 6.03. The molecule has 1 unspecified atom stereocenters. The van der Waals surface area contributed by atoms with Gasteiger partial charge in [0.2, 0.25) is 5.88 Å². The lowest BCUT2D eigenvalue weighted by atomic mass is 10.1. The van der Waals surface area contributed by atoms with E-state index in [9.17, 15) is 9.59 Å². The molecule has 2 saturated heterocycles. The van der Waals surface area contributed by atoms with Gasteiger partial charge < -0.3 is 15.0 Å². The zero-order chi connectivity index (χ0) is 17.1. The topological polar surface area (TPSA) is 74.8 Å². The number of pyridine rings is 1. The molecule has 1 aromatic rings. The normalized spacial score (nSPS) is 22.8. The summed E-state index contributed by atoms with van der Waals surface area (Å²) in [7, 11) is 0. The lowest BCUT2D eigenvalue weighted by molar-refractivity contribution is -0.127. The zero-order valence-corrected chi connectivity index (χ0v) is 14.2. The molecule has 2 aliphatic heterocycles.